The quantitative estimate of drug-likeness (QED) is 0.656. The average molecular weight is 440 g/mol. The van der Waals surface area contributed by atoms with Crippen molar-refractivity contribution in [3.05, 3.63) is 52.2 Å². The second-order valence-electron chi connectivity index (χ2n) is 6.71. The fourth-order valence-corrected chi connectivity index (χ4v) is 3.99. The van der Waals surface area contributed by atoms with Gasteiger partial charge < -0.3 is 15.3 Å². The molecular weight excluding hydrogens is 421 g/mol. The van der Waals surface area contributed by atoms with Crippen LogP contribution in [0.15, 0.2) is 30.3 Å². The molecule has 7 nitrogen and oxygen atoms in total. The predicted octanol–water partition coefficient (Wildman–Crippen LogP) is 3.90. The van der Waals surface area contributed by atoms with E-state index in [1.165, 1.54) is 18.2 Å². The molecule has 1 aliphatic rings. The number of nitrogens with zero attached hydrogens (tertiary/aromatic N) is 2. The van der Waals surface area contributed by atoms with Crippen molar-refractivity contribution in [2.24, 2.45) is 0 Å². The van der Waals surface area contributed by atoms with E-state index in [-0.39, 0.29) is 22.8 Å². The third kappa shape index (κ3) is 5.16. The minimum absolute atomic E-state index is 0.0268. The molecule has 11 heteroatoms. The van der Waals surface area contributed by atoms with E-state index in [9.17, 15) is 22.8 Å². The summed E-state index contributed by atoms with van der Waals surface area (Å²) in [6.45, 7) is 1.12. The number of carbonyl (C=O) groups excluding carboxylic acids is 1. The van der Waals surface area contributed by atoms with E-state index in [1.54, 1.807) is 0 Å². The van der Waals surface area contributed by atoms with Gasteiger partial charge in [-0.3, -0.25) is 10.1 Å². The van der Waals surface area contributed by atoms with Crippen LogP contribution < -0.4 is 10.6 Å². The molecule has 2 heterocycles. The molecule has 0 bridgehead atoms. The Morgan fingerprint density at radius 2 is 2.03 bits per heavy atom. The van der Waals surface area contributed by atoms with Crippen molar-refractivity contribution < 1.29 is 27.9 Å². The zero-order chi connectivity index (χ0) is 21.9. The largest absolute Gasteiger partial charge is 0.465 e. The number of rotatable bonds is 5. The molecule has 1 aliphatic heterocycles. The Morgan fingerprint density at radius 1 is 1.30 bits per heavy atom. The summed E-state index contributed by atoms with van der Waals surface area (Å²) in [6, 6.07) is 4.93. The molecule has 0 atom stereocenters. The van der Waals surface area contributed by atoms with Gasteiger partial charge in [0, 0.05) is 19.6 Å². The monoisotopic (exact) mass is 440 g/mol. The number of likely N-dealkylation sites (N-methyl/N-ethyl adjacent to an activating group) is 1. The van der Waals surface area contributed by atoms with E-state index in [1.807, 2.05) is 13.1 Å². The van der Waals surface area contributed by atoms with E-state index in [0.717, 1.165) is 29.5 Å². The Kier molecular flexibility index (Phi) is 6.42. The molecule has 0 radical (unpaired) electrons. The Balaban J connectivity index is 1.82. The minimum atomic E-state index is -4.55. The van der Waals surface area contributed by atoms with E-state index < -0.39 is 23.7 Å². The minimum Gasteiger partial charge on any atom is -0.465 e. The van der Waals surface area contributed by atoms with Gasteiger partial charge in [-0.15, -0.1) is 0 Å². The number of anilines is 1. The molecule has 30 heavy (non-hydrogen) atoms. The van der Waals surface area contributed by atoms with Gasteiger partial charge in [0.2, 0.25) is 0 Å². The summed E-state index contributed by atoms with van der Waals surface area (Å²) in [5.41, 5.74) is -0.209. The molecule has 2 amide bonds. The summed E-state index contributed by atoms with van der Waals surface area (Å²) in [6.07, 6.45) is -3.27. The first-order valence-electron chi connectivity index (χ1n) is 8.97. The SMILES string of the molecule is CN1CC=C(c2nc(C(=O)NCc3ccccc3C(F)(F)F)c(NC(=O)O)s2)CC1. The Hall–Kier alpha value is -2.92. The molecule has 0 fully saturated rings. The lowest BCUT2D eigenvalue weighted by molar-refractivity contribution is -0.138. The number of thiazole rings is 1. The van der Waals surface area contributed by atoms with Crippen molar-refractivity contribution in [3.63, 3.8) is 0 Å². The average Bonchev–Trinajstić information content (AvgIpc) is 3.09. The van der Waals surface area contributed by atoms with Crippen LogP contribution in [0.5, 0.6) is 0 Å². The zero-order valence-corrected chi connectivity index (χ0v) is 16.7. The molecule has 3 rings (SSSR count). The number of amides is 2. The first kappa shape index (κ1) is 21.8. The maximum absolute atomic E-state index is 13.1. The lowest BCUT2D eigenvalue weighted by Crippen LogP contribution is -2.26. The van der Waals surface area contributed by atoms with Crippen molar-refractivity contribution in [2.75, 3.05) is 25.5 Å². The van der Waals surface area contributed by atoms with Crippen molar-refractivity contribution in [2.45, 2.75) is 19.1 Å². The number of hydrogen-bond acceptors (Lipinski definition) is 5. The highest BCUT2D eigenvalue weighted by Crippen LogP contribution is 2.33. The van der Waals surface area contributed by atoms with Gasteiger partial charge in [-0.2, -0.15) is 13.2 Å². The number of aromatic nitrogens is 1. The van der Waals surface area contributed by atoms with Gasteiger partial charge in [-0.1, -0.05) is 35.6 Å². The highest BCUT2D eigenvalue weighted by molar-refractivity contribution is 7.17. The zero-order valence-electron chi connectivity index (χ0n) is 15.9. The van der Waals surface area contributed by atoms with Crippen LogP contribution in [0.4, 0.5) is 23.0 Å². The molecule has 1 aromatic carbocycles. The summed E-state index contributed by atoms with van der Waals surface area (Å²) in [5, 5.41) is 14.1. The number of hydrogen-bond donors (Lipinski definition) is 3. The lowest BCUT2D eigenvalue weighted by Gasteiger charge is -2.20. The van der Waals surface area contributed by atoms with E-state index in [0.29, 0.717) is 18.0 Å². The fourth-order valence-electron chi connectivity index (χ4n) is 2.97. The number of nitrogens with one attached hydrogen (secondary N) is 2. The highest BCUT2D eigenvalue weighted by atomic mass is 32.1. The second kappa shape index (κ2) is 8.84. The first-order valence-corrected chi connectivity index (χ1v) is 9.79. The van der Waals surface area contributed by atoms with Crippen LogP contribution in [0, 0.1) is 0 Å². The smallest absolute Gasteiger partial charge is 0.416 e. The number of carbonyl (C=O) groups is 2. The van der Waals surface area contributed by atoms with Crippen molar-refractivity contribution in [3.8, 4) is 0 Å². The molecule has 1 aromatic heterocycles. The van der Waals surface area contributed by atoms with Crippen molar-refractivity contribution >= 4 is 33.9 Å². The lowest BCUT2D eigenvalue weighted by atomic mass is 10.1. The Labute approximate surface area is 174 Å². The van der Waals surface area contributed by atoms with Crippen LogP contribution >= 0.6 is 11.3 Å². The van der Waals surface area contributed by atoms with Crippen LogP contribution in [-0.4, -0.2) is 47.1 Å². The topological polar surface area (TPSA) is 94.6 Å². The van der Waals surface area contributed by atoms with Crippen molar-refractivity contribution in [1.82, 2.24) is 15.2 Å². The summed E-state index contributed by atoms with van der Waals surface area (Å²) >= 11 is 1.02. The van der Waals surface area contributed by atoms with Crippen molar-refractivity contribution in [1.29, 1.82) is 0 Å². The Morgan fingerprint density at radius 3 is 2.67 bits per heavy atom. The van der Waals surface area contributed by atoms with Gasteiger partial charge in [0.25, 0.3) is 5.91 Å². The third-order valence-electron chi connectivity index (χ3n) is 4.51. The van der Waals surface area contributed by atoms with Gasteiger partial charge in [0.15, 0.2) is 5.69 Å². The highest BCUT2D eigenvalue weighted by Gasteiger charge is 2.33. The second-order valence-corrected chi connectivity index (χ2v) is 7.71. The number of benzene rings is 1. The van der Waals surface area contributed by atoms with Crippen LogP contribution in [0.3, 0.4) is 0 Å². The standard InChI is InChI=1S/C19H19F3N4O3S/c1-26-8-6-11(7-9-26)16-24-14(17(30-16)25-18(28)29)15(27)23-10-12-4-2-3-5-13(12)19(20,21)22/h2-6,25H,7-10H2,1H3,(H,23,27)(H,28,29). The van der Waals surface area contributed by atoms with E-state index in [4.69, 9.17) is 5.11 Å². The van der Waals surface area contributed by atoms with Crippen LogP contribution in [0.2, 0.25) is 0 Å². The molecule has 0 spiro atoms. The molecule has 0 aliphatic carbocycles. The van der Waals surface area contributed by atoms with Crippen LogP contribution in [-0.2, 0) is 12.7 Å². The summed E-state index contributed by atoms with van der Waals surface area (Å²) in [4.78, 5) is 30.1. The van der Waals surface area contributed by atoms with Gasteiger partial charge in [0.1, 0.15) is 10.0 Å². The van der Waals surface area contributed by atoms with Gasteiger partial charge in [-0.05, 0) is 30.7 Å². The normalized spacial score (nSPS) is 14.9. The summed E-state index contributed by atoms with van der Waals surface area (Å²) in [7, 11) is 1.96. The van der Waals surface area contributed by atoms with Gasteiger partial charge in [0.05, 0.1) is 5.56 Å². The van der Waals surface area contributed by atoms with E-state index in [2.05, 4.69) is 20.5 Å². The number of carboxylic acid groups (broad SMARTS) is 1. The number of halogens is 3. The summed E-state index contributed by atoms with van der Waals surface area (Å²) in [5.74, 6) is -0.758. The molecule has 3 N–H and O–H groups in total. The molecular formula is C19H19F3N4O3S. The molecule has 0 saturated heterocycles. The molecule has 2 aromatic rings. The van der Waals surface area contributed by atoms with E-state index >= 15 is 0 Å². The molecule has 160 valence electrons. The maximum atomic E-state index is 13.1. The molecule has 0 saturated carbocycles. The third-order valence-corrected chi connectivity index (χ3v) is 5.56. The number of alkyl halides is 3. The van der Waals surface area contributed by atoms with Gasteiger partial charge >= 0.3 is 12.3 Å². The molecule has 0 unspecified atom stereocenters. The van der Waals surface area contributed by atoms with Crippen LogP contribution in [0.25, 0.3) is 5.57 Å². The first-order chi connectivity index (χ1) is 14.1. The van der Waals surface area contributed by atoms with Crippen LogP contribution in [0.1, 0.15) is 33.0 Å². The fraction of sp³-hybridized carbons (Fsp3) is 0.316. The van der Waals surface area contributed by atoms with Gasteiger partial charge in [-0.25, -0.2) is 9.78 Å². The summed E-state index contributed by atoms with van der Waals surface area (Å²) < 4.78 is 39.4. The maximum Gasteiger partial charge on any atom is 0.416 e. The predicted molar refractivity (Wildman–Crippen MR) is 106 cm³/mol. The Bertz CT molecular complexity index is 988.